The van der Waals surface area contributed by atoms with E-state index in [1.165, 1.54) is 5.56 Å². The van der Waals surface area contributed by atoms with Crippen LogP contribution in [0.1, 0.15) is 22.7 Å². The number of hydrogen-bond donors (Lipinski definition) is 1. The number of rotatable bonds is 5. The smallest absolute Gasteiger partial charge is 0.272 e. The summed E-state index contributed by atoms with van der Waals surface area (Å²) in [6.07, 6.45) is 0.805. The number of benzene rings is 2. The third kappa shape index (κ3) is 3.22. The first-order chi connectivity index (χ1) is 9.61. The lowest BCUT2D eigenvalue weighted by Gasteiger charge is -2.17. The second-order valence-corrected chi connectivity index (χ2v) is 4.83. The average Bonchev–Trinajstić information content (AvgIpc) is 2.45. The summed E-state index contributed by atoms with van der Waals surface area (Å²) in [6.45, 7) is 1.78. The van der Waals surface area contributed by atoms with Gasteiger partial charge in [-0.05, 0) is 37.6 Å². The van der Waals surface area contributed by atoms with Crippen LogP contribution in [-0.4, -0.2) is 12.0 Å². The van der Waals surface area contributed by atoms with Crippen molar-refractivity contribution in [2.75, 3.05) is 7.05 Å². The van der Waals surface area contributed by atoms with E-state index in [1.54, 1.807) is 13.0 Å². The van der Waals surface area contributed by atoms with Crippen LogP contribution in [-0.2, 0) is 6.42 Å². The Balaban J connectivity index is 2.20. The zero-order valence-electron chi connectivity index (χ0n) is 11.7. The monoisotopic (exact) mass is 270 g/mol. The topological polar surface area (TPSA) is 55.2 Å². The Bertz CT molecular complexity index is 597. The number of nitrogens with zero attached hydrogens (tertiary/aromatic N) is 1. The van der Waals surface area contributed by atoms with Gasteiger partial charge in [0.1, 0.15) is 0 Å². The third-order valence-corrected chi connectivity index (χ3v) is 3.45. The van der Waals surface area contributed by atoms with Crippen molar-refractivity contribution in [3.8, 4) is 0 Å². The summed E-state index contributed by atoms with van der Waals surface area (Å²) in [5.74, 6) is 0. The van der Waals surface area contributed by atoms with Gasteiger partial charge < -0.3 is 5.32 Å². The molecule has 0 aliphatic heterocycles. The highest BCUT2D eigenvalue weighted by molar-refractivity contribution is 5.42. The van der Waals surface area contributed by atoms with Gasteiger partial charge >= 0.3 is 0 Å². The Labute approximate surface area is 118 Å². The van der Waals surface area contributed by atoms with E-state index in [-0.39, 0.29) is 16.7 Å². The zero-order valence-corrected chi connectivity index (χ0v) is 11.7. The molecule has 0 saturated heterocycles. The molecule has 0 aromatic heterocycles. The molecule has 0 aliphatic rings. The number of hydrogen-bond acceptors (Lipinski definition) is 3. The van der Waals surface area contributed by atoms with E-state index < -0.39 is 0 Å². The predicted molar refractivity (Wildman–Crippen MR) is 79.8 cm³/mol. The summed E-state index contributed by atoms with van der Waals surface area (Å²) in [5.41, 5.74) is 3.19. The third-order valence-electron chi connectivity index (χ3n) is 3.45. The molecule has 1 N–H and O–H groups in total. The van der Waals surface area contributed by atoms with Gasteiger partial charge in [-0.1, -0.05) is 36.4 Å². The van der Waals surface area contributed by atoms with E-state index in [0.717, 1.165) is 12.0 Å². The van der Waals surface area contributed by atoms with Crippen LogP contribution < -0.4 is 5.32 Å². The van der Waals surface area contributed by atoms with Crippen molar-refractivity contribution in [2.24, 2.45) is 0 Å². The second-order valence-electron chi connectivity index (χ2n) is 4.83. The lowest BCUT2D eigenvalue weighted by atomic mass is 9.97. The molecule has 0 bridgehead atoms. The Kier molecular flexibility index (Phi) is 4.48. The average molecular weight is 270 g/mol. The van der Waals surface area contributed by atoms with E-state index in [0.29, 0.717) is 5.56 Å². The van der Waals surface area contributed by atoms with Crippen molar-refractivity contribution in [1.29, 1.82) is 0 Å². The fourth-order valence-electron chi connectivity index (χ4n) is 2.36. The first kappa shape index (κ1) is 14.2. The van der Waals surface area contributed by atoms with Crippen molar-refractivity contribution in [2.45, 2.75) is 19.4 Å². The highest BCUT2D eigenvalue weighted by Crippen LogP contribution is 2.23. The Morgan fingerprint density at radius 1 is 1.20 bits per heavy atom. The normalized spacial score (nSPS) is 12.1. The summed E-state index contributed by atoms with van der Waals surface area (Å²) >= 11 is 0. The summed E-state index contributed by atoms with van der Waals surface area (Å²) in [7, 11) is 1.93. The van der Waals surface area contributed by atoms with Crippen LogP contribution in [0.4, 0.5) is 5.69 Å². The maximum absolute atomic E-state index is 10.8. The largest absolute Gasteiger partial charge is 0.313 e. The molecule has 4 nitrogen and oxygen atoms in total. The molecule has 2 aromatic carbocycles. The van der Waals surface area contributed by atoms with Gasteiger partial charge in [-0.3, -0.25) is 10.1 Å². The van der Waals surface area contributed by atoms with Crippen molar-refractivity contribution < 1.29 is 4.92 Å². The van der Waals surface area contributed by atoms with Crippen LogP contribution in [0.25, 0.3) is 0 Å². The molecule has 4 heteroatoms. The van der Waals surface area contributed by atoms with Gasteiger partial charge in [0.25, 0.3) is 5.69 Å². The fraction of sp³-hybridized carbons (Fsp3) is 0.250. The lowest BCUT2D eigenvalue weighted by Crippen LogP contribution is -2.18. The molecule has 0 amide bonds. The van der Waals surface area contributed by atoms with Crippen molar-refractivity contribution in [3.63, 3.8) is 0 Å². The van der Waals surface area contributed by atoms with E-state index >= 15 is 0 Å². The number of nitro benzene ring substituents is 1. The standard InChI is InChI=1S/C16H18N2O2/c1-12-10-13(8-9-16(12)18(19)20)11-15(17-2)14-6-4-3-5-7-14/h3-10,15,17H,11H2,1-2H3. The van der Waals surface area contributed by atoms with E-state index in [9.17, 15) is 10.1 Å². The minimum absolute atomic E-state index is 0.175. The van der Waals surface area contributed by atoms with Gasteiger partial charge in [0.05, 0.1) is 4.92 Å². The summed E-state index contributed by atoms with van der Waals surface area (Å²) in [6, 6.07) is 15.7. The molecule has 1 atom stereocenters. The fourth-order valence-corrected chi connectivity index (χ4v) is 2.36. The van der Waals surface area contributed by atoms with E-state index in [4.69, 9.17) is 0 Å². The Morgan fingerprint density at radius 3 is 2.45 bits per heavy atom. The molecule has 104 valence electrons. The van der Waals surface area contributed by atoms with Crippen molar-refractivity contribution in [3.05, 3.63) is 75.3 Å². The van der Waals surface area contributed by atoms with Gasteiger partial charge in [0.2, 0.25) is 0 Å². The van der Waals surface area contributed by atoms with Crippen LogP contribution in [0, 0.1) is 17.0 Å². The van der Waals surface area contributed by atoms with Gasteiger partial charge in [0, 0.05) is 17.7 Å². The first-order valence-electron chi connectivity index (χ1n) is 6.58. The Hall–Kier alpha value is -2.20. The van der Waals surface area contributed by atoms with Gasteiger partial charge in [0.15, 0.2) is 0 Å². The van der Waals surface area contributed by atoms with Gasteiger partial charge in [-0.25, -0.2) is 0 Å². The number of nitrogens with one attached hydrogen (secondary N) is 1. The summed E-state index contributed by atoms with van der Waals surface area (Å²) in [4.78, 5) is 10.5. The van der Waals surface area contributed by atoms with Crippen molar-refractivity contribution in [1.82, 2.24) is 5.32 Å². The molecule has 0 spiro atoms. The minimum atomic E-state index is -0.341. The molecule has 20 heavy (non-hydrogen) atoms. The van der Waals surface area contributed by atoms with Crippen LogP contribution in [0.3, 0.4) is 0 Å². The van der Waals surface area contributed by atoms with Crippen LogP contribution >= 0.6 is 0 Å². The SMILES string of the molecule is CNC(Cc1ccc([N+](=O)[O-])c(C)c1)c1ccccc1. The molecule has 0 radical (unpaired) electrons. The first-order valence-corrected chi connectivity index (χ1v) is 6.58. The van der Waals surface area contributed by atoms with E-state index in [1.807, 2.05) is 37.4 Å². The maximum Gasteiger partial charge on any atom is 0.272 e. The van der Waals surface area contributed by atoms with E-state index in [2.05, 4.69) is 17.4 Å². The zero-order chi connectivity index (χ0) is 14.5. The Morgan fingerprint density at radius 2 is 1.90 bits per heavy atom. The molecular weight excluding hydrogens is 252 g/mol. The quantitative estimate of drug-likeness (QED) is 0.669. The summed E-state index contributed by atoms with van der Waals surface area (Å²) in [5, 5.41) is 14.1. The molecule has 2 rings (SSSR count). The molecule has 0 fully saturated rings. The lowest BCUT2D eigenvalue weighted by molar-refractivity contribution is -0.385. The molecular formula is C16H18N2O2. The van der Waals surface area contributed by atoms with Crippen LogP contribution in [0.15, 0.2) is 48.5 Å². The predicted octanol–water partition coefficient (Wildman–Crippen LogP) is 3.41. The molecule has 2 aromatic rings. The highest BCUT2D eigenvalue weighted by atomic mass is 16.6. The van der Waals surface area contributed by atoms with Crippen LogP contribution in [0.5, 0.6) is 0 Å². The molecule has 0 saturated carbocycles. The number of nitro groups is 1. The van der Waals surface area contributed by atoms with Crippen molar-refractivity contribution >= 4 is 5.69 Å². The second kappa shape index (κ2) is 6.30. The number of aryl methyl sites for hydroxylation is 1. The summed E-state index contributed by atoms with van der Waals surface area (Å²) < 4.78 is 0. The number of likely N-dealkylation sites (N-methyl/N-ethyl adjacent to an activating group) is 1. The maximum atomic E-state index is 10.8. The highest BCUT2D eigenvalue weighted by Gasteiger charge is 2.13. The minimum Gasteiger partial charge on any atom is -0.313 e. The molecule has 0 heterocycles. The van der Waals surface area contributed by atoms with Gasteiger partial charge in [-0.15, -0.1) is 0 Å². The molecule has 0 aliphatic carbocycles. The van der Waals surface area contributed by atoms with Gasteiger partial charge in [-0.2, -0.15) is 0 Å². The molecule has 1 unspecified atom stereocenters. The van der Waals surface area contributed by atoms with Crippen LogP contribution in [0.2, 0.25) is 0 Å².